The van der Waals surface area contributed by atoms with Gasteiger partial charge in [0.25, 0.3) is 0 Å². The maximum absolute atomic E-state index is 12.8. The van der Waals surface area contributed by atoms with E-state index in [0.29, 0.717) is 12.1 Å². The number of halogens is 1. The molecule has 0 spiro atoms. The van der Waals surface area contributed by atoms with Crippen LogP contribution < -0.4 is 16.2 Å². The Morgan fingerprint density at radius 2 is 1.58 bits per heavy atom. The average Bonchev–Trinajstić information content (AvgIpc) is 2.60. The van der Waals surface area contributed by atoms with Crippen molar-refractivity contribution in [2.75, 3.05) is 6.26 Å². The summed E-state index contributed by atoms with van der Waals surface area (Å²) in [7, 11) is 0. The van der Waals surface area contributed by atoms with Crippen LogP contribution in [-0.4, -0.2) is 18.2 Å². The van der Waals surface area contributed by atoms with Crippen molar-refractivity contribution < 1.29 is 14.0 Å². The lowest BCUT2D eigenvalue weighted by Gasteiger charge is -2.09. The van der Waals surface area contributed by atoms with Crippen LogP contribution in [0.3, 0.4) is 0 Å². The Kier molecular flexibility index (Phi) is 6.62. The van der Waals surface area contributed by atoms with Gasteiger partial charge >= 0.3 is 6.03 Å². The van der Waals surface area contributed by atoms with E-state index in [1.165, 1.54) is 24.3 Å². The van der Waals surface area contributed by atoms with Gasteiger partial charge in [-0.3, -0.25) is 10.2 Å². The number of nitrogens with one attached hydrogen (secondary N) is 3. The van der Waals surface area contributed by atoms with E-state index >= 15 is 0 Å². The van der Waals surface area contributed by atoms with Crippen LogP contribution in [-0.2, 0) is 17.8 Å². The first-order valence-corrected chi connectivity index (χ1v) is 8.49. The van der Waals surface area contributed by atoms with Gasteiger partial charge in [0.05, 0.1) is 6.42 Å². The van der Waals surface area contributed by atoms with Crippen molar-refractivity contribution in [3.63, 3.8) is 0 Å². The van der Waals surface area contributed by atoms with Crippen LogP contribution in [0, 0.1) is 5.82 Å². The average molecular weight is 347 g/mol. The van der Waals surface area contributed by atoms with Crippen molar-refractivity contribution in [3.8, 4) is 0 Å². The molecule has 0 saturated heterocycles. The second-order valence-corrected chi connectivity index (χ2v) is 5.89. The molecule has 0 unspecified atom stereocenters. The first-order chi connectivity index (χ1) is 11.6. The molecule has 0 aromatic heterocycles. The van der Waals surface area contributed by atoms with Crippen molar-refractivity contribution in [2.45, 2.75) is 17.9 Å². The highest BCUT2D eigenvalue weighted by Crippen LogP contribution is 2.14. The maximum Gasteiger partial charge on any atom is 0.333 e. The fourth-order valence-electron chi connectivity index (χ4n) is 1.93. The van der Waals surface area contributed by atoms with Crippen molar-refractivity contribution in [1.82, 2.24) is 16.2 Å². The molecule has 0 atom stereocenters. The second kappa shape index (κ2) is 8.93. The molecule has 2 aromatic carbocycles. The molecule has 3 N–H and O–H groups in total. The number of urea groups is 1. The Morgan fingerprint density at radius 1 is 0.958 bits per heavy atom. The van der Waals surface area contributed by atoms with Gasteiger partial charge in [0.1, 0.15) is 5.82 Å². The van der Waals surface area contributed by atoms with Gasteiger partial charge in [-0.2, -0.15) is 0 Å². The number of carbonyl (C=O) groups is 2. The zero-order chi connectivity index (χ0) is 17.4. The van der Waals surface area contributed by atoms with E-state index in [1.54, 1.807) is 11.8 Å². The summed E-state index contributed by atoms with van der Waals surface area (Å²) in [4.78, 5) is 24.5. The molecule has 24 heavy (non-hydrogen) atoms. The van der Waals surface area contributed by atoms with Crippen LogP contribution in [0.1, 0.15) is 11.1 Å². The summed E-state index contributed by atoms with van der Waals surface area (Å²) < 4.78 is 12.8. The molecule has 0 aliphatic rings. The van der Waals surface area contributed by atoms with E-state index in [2.05, 4.69) is 16.2 Å². The summed E-state index contributed by atoms with van der Waals surface area (Å²) in [6.07, 6.45) is 2.05. The smallest absolute Gasteiger partial charge is 0.333 e. The Hall–Kier alpha value is -2.54. The van der Waals surface area contributed by atoms with Crippen LogP contribution in [0.4, 0.5) is 9.18 Å². The van der Waals surface area contributed by atoms with Crippen molar-refractivity contribution in [3.05, 3.63) is 65.5 Å². The summed E-state index contributed by atoms with van der Waals surface area (Å²) >= 11 is 1.65. The molecule has 7 heteroatoms. The molecule has 0 aliphatic heterocycles. The predicted octanol–water partition coefficient (Wildman–Crippen LogP) is 2.62. The van der Waals surface area contributed by atoms with Crippen molar-refractivity contribution >= 4 is 23.7 Å². The number of hydrazine groups is 1. The lowest BCUT2D eigenvalue weighted by Crippen LogP contribution is -2.47. The lowest BCUT2D eigenvalue weighted by atomic mass is 10.1. The van der Waals surface area contributed by atoms with Crippen LogP contribution in [0.25, 0.3) is 0 Å². The number of thioether (sulfide) groups is 1. The van der Waals surface area contributed by atoms with Crippen LogP contribution in [0.5, 0.6) is 0 Å². The highest BCUT2D eigenvalue weighted by atomic mass is 32.2. The van der Waals surface area contributed by atoms with Gasteiger partial charge in [-0.1, -0.05) is 24.3 Å². The number of rotatable bonds is 5. The maximum atomic E-state index is 12.8. The summed E-state index contributed by atoms with van der Waals surface area (Å²) in [6.45, 7) is 0.355. The van der Waals surface area contributed by atoms with Crippen LogP contribution >= 0.6 is 11.8 Å². The van der Waals surface area contributed by atoms with Gasteiger partial charge in [-0.15, -0.1) is 11.8 Å². The number of hydrogen-bond acceptors (Lipinski definition) is 3. The normalized spacial score (nSPS) is 10.1. The van der Waals surface area contributed by atoms with Gasteiger partial charge in [-0.05, 0) is 41.6 Å². The molecular weight excluding hydrogens is 329 g/mol. The Balaban J connectivity index is 1.70. The van der Waals surface area contributed by atoms with Gasteiger partial charge in [0.2, 0.25) is 5.91 Å². The van der Waals surface area contributed by atoms with Gasteiger partial charge < -0.3 is 5.32 Å². The number of amides is 3. The Bertz CT molecular complexity index is 690. The molecule has 126 valence electrons. The minimum Gasteiger partial charge on any atom is -0.333 e. The second-order valence-electron chi connectivity index (χ2n) is 5.01. The molecule has 2 rings (SSSR count). The molecule has 2 aromatic rings. The molecule has 3 amide bonds. The van der Waals surface area contributed by atoms with Crippen LogP contribution in [0.15, 0.2) is 53.4 Å². The van der Waals surface area contributed by atoms with E-state index < -0.39 is 6.03 Å². The molecular formula is C17H18FN3O2S. The summed E-state index contributed by atoms with van der Waals surface area (Å²) in [6, 6.07) is 12.9. The third-order valence-corrected chi connectivity index (χ3v) is 3.95. The number of carbonyl (C=O) groups excluding carboxylic acids is 2. The number of benzene rings is 2. The highest BCUT2D eigenvalue weighted by Gasteiger charge is 2.06. The Labute approximate surface area is 144 Å². The molecule has 0 fully saturated rings. The summed E-state index contributed by atoms with van der Waals surface area (Å²) in [5.41, 5.74) is 6.20. The van der Waals surface area contributed by atoms with E-state index in [1.807, 2.05) is 30.5 Å². The molecule has 0 radical (unpaired) electrons. The predicted molar refractivity (Wildman–Crippen MR) is 91.8 cm³/mol. The Morgan fingerprint density at radius 3 is 2.21 bits per heavy atom. The molecule has 5 nitrogen and oxygen atoms in total. The highest BCUT2D eigenvalue weighted by molar-refractivity contribution is 7.98. The van der Waals surface area contributed by atoms with E-state index in [-0.39, 0.29) is 18.1 Å². The fraction of sp³-hybridized carbons (Fsp3) is 0.176. The van der Waals surface area contributed by atoms with Crippen LogP contribution in [0.2, 0.25) is 0 Å². The zero-order valence-corrected chi connectivity index (χ0v) is 14.0. The van der Waals surface area contributed by atoms with E-state index in [9.17, 15) is 14.0 Å². The fourth-order valence-corrected chi connectivity index (χ4v) is 2.34. The molecule has 0 saturated carbocycles. The van der Waals surface area contributed by atoms with Crippen molar-refractivity contribution in [2.24, 2.45) is 0 Å². The standard InChI is InChI=1S/C17H18FN3O2S/c1-24-15-8-4-13(5-9-15)11-19-17(23)21-20-16(22)10-12-2-6-14(18)7-3-12/h2-9H,10-11H2,1H3,(H,20,22)(H2,19,21,23). The minimum atomic E-state index is -0.503. The minimum absolute atomic E-state index is 0.0523. The quantitative estimate of drug-likeness (QED) is 0.575. The molecule has 0 aliphatic carbocycles. The van der Waals surface area contributed by atoms with Gasteiger partial charge in [0, 0.05) is 11.4 Å². The van der Waals surface area contributed by atoms with Crippen molar-refractivity contribution in [1.29, 1.82) is 0 Å². The first kappa shape index (κ1) is 17.8. The van der Waals surface area contributed by atoms with E-state index in [0.717, 1.165) is 10.5 Å². The monoisotopic (exact) mass is 347 g/mol. The summed E-state index contributed by atoms with van der Waals surface area (Å²) in [5, 5.41) is 2.64. The topological polar surface area (TPSA) is 70.2 Å². The zero-order valence-electron chi connectivity index (χ0n) is 13.1. The largest absolute Gasteiger partial charge is 0.333 e. The summed E-state index contributed by atoms with van der Waals surface area (Å²) in [5.74, 6) is -0.747. The third kappa shape index (κ3) is 5.92. The van der Waals surface area contributed by atoms with Gasteiger partial charge in [-0.25, -0.2) is 14.6 Å². The number of hydrogen-bond donors (Lipinski definition) is 3. The lowest BCUT2D eigenvalue weighted by molar-refractivity contribution is -0.121. The molecule has 0 bridgehead atoms. The van der Waals surface area contributed by atoms with Gasteiger partial charge in [0.15, 0.2) is 0 Å². The third-order valence-electron chi connectivity index (χ3n) is 3.21. The first-order valence-electron chi connectivity index (χ1n) is 7.27. The molecule has 0 heterocycles. The van der Waals surface area contributed by atoms with E-state index in [4.69, 9.17) is 0 Å². The SMILES string of the molecule is CSc1ccc(CNC(=O)NNC(=O)Cc2ccc(F)cc2)cc1.